The lowest BCUT2D eigenvalue weighted by Crippen LogP contribution is -2.25. The summed E-state index contributed by atoms with van der Waals surface area (Å²) in [6.07, 6.45) is 1.44. The molecule has 14 heavy (non-hydrogen) atoms. The molecular weight excluding hydrogens is 180 g/mol. The van der Waals surface area contributed by atoms with Gasteiger partial charge in [0.25, 0.3) is 0 Å². The van der Waals surface area contributed by atoms with Crippen molar-refractivity contribution in [2.75, 3.05) is 29.1 Å². The minimum Gasteiger partial charge on any atom is -0.393 e. The van der Waals surface area contributed by atoms with Crippen molar-refractivity contribution in [3.63, 3.8) is 0 Å². The van der Waals surface area contributed by atoms with Crippen molar-refractivity contribution in [1.82, 2.24) is 9.97 Å². The zero-order chi connectivity index (χ0) is 10.6. The van der Waals surface area contributed by atoms with Crippen LogP contribution in [0.15, 0.2) is 6.33 Å². The van der Waals surface area contributed by atoms with Crippen molar-refractivity contribution in [2.24, 2.45) is 5.84 Å². The van der Waals surface area contributed by atoms with E-state index in [0.29, 0.717) is 11.5 Å². The van der Waals surface area contributed by atoms with E-state index in [9.17, 15) is 0 Å². The van der Waals surface area contributed by atoms with Gasteiger partial charge in [0.1, 0.15) is 12.0 Å². The van der Waals surface area contributed by atoms with Gasteiger partial charge in [0.2, 0.25) is 0 Å². The smallest absolute Gasteiger partial charge is 0.168 e. The maximum Gasteiger partial charge on any atom is 0.168 e. The normalized spacial score (nSPS) is 9.93. The molecule has 1 rings (SSSR count). The first-order valence-corrected chi connectivity index (χ1v) is 4.56. The standard InChI is InChI=1S/C8H16N6/c1-3-14(4-2)8-6(9)7(13-10)11-5-12-8/h5H,3-4,9-10H2,1-2H3,(H,11,12,13). The fraction of sp³-hybridized carbons (Fsp3) is 0.500. The van der Waals surface area contributed by atoms with Crippen molar-refractivity contribution in [3.05, 3.63) is 6.33 Å². The molecule has 5 N–H and O–H groups in total. The minimum absolute atomic E-state index is 0.460. The first-order chi connectivity index (χ1) is 6.74. The number of anilines is 3. The van der Waals surface area contributed by atoms with Gasteiger partial charge in [-0.2, -0.15) is 0 Å². The van der Waals surface area contributed by atoms with Crippen LogP contribution in [-0.4, -0.2) is 23.1 Å². The number of aromatic nitrogens is 2. The Morgan fingerprint density at radius 1 is 1.36 bits per heavy atom. The van der Waals surface area contributed by atoms with Crippen molar-refractivity contribution in [1.29, 1.82) is 0 Å². The van der Waals surface area contributed by atoms with E-state index < -0.39 is 0 Å². The van der Waals surface area contributed by atoms with E-state index in [4.69, 9.17) is 11.6 Å². The van der Waals surface area contributed by atoms with Crippen LogP contribution in [0.1, 0.15) is 13.8 Å². The van der Waals surface area contributed by atoms with Gasteiger partial charge in [-0.15, -0.1) is 0 Å². The number of hydrazine groups is 1. The Morgan fingerprint density at radius 3 is 2.50 bits per heavy atom. The van der Waals surface area contributed by atoms with Gasteiger partial charge in [0, 0.05) is 13.1 Å². The second-order valence-corrected chi connectivity index (χ2v) is 2.78. The van der Waals surface area contributed by atoms with E-state index in [1.54, 1.807) is 0 Å². The third-order valence-electron chi connectivity index (χ3n) is 2.06. The molecule has 0 amide bonds. The molecule has 1 aromatic heterocycles. The second-order valence-electron chi connectivity index (χ2n) is 2.78. The van der Waals surface area contributed by atoms with E-state index in [1.165, 1.54) is 6.33 Å². The molecule has 0 saturated heterocycles. The number of nitrogens with two attached hydrogens (primary N) is 2. The van der Waals surface area contributed by atoms with Crippen LogP contribution in [0, 0.1) is 0 Å². The molecule has 0 spiro atoms. The fourth-order valence-corrected chi connectivity index (χ4v) is 1.28. The number of hydrogen-bond acceptors (Lipinski definition) is 6. The predicted octanol–water partition coefficient (Wildman–Crippen LogP) is 0.191. The summed E-state index contributed by atoms with van der Waals surface area (Å²) in [5.41, 5.74) is 8.76. The summed E-state index contributed by atoms with van der Waals surface area (Å²) < 4.78 is 0. The molecule has 0 saturated carbocycles. The quantitative estimate of drug-likeness (QED) is 0.470. The number of rotatable bonds is 4. The van der Waals surface area contributed by atoms with Crippen LogP contribution in [0.3, 0.4) is 0 Å². The molecule has 6 heteroatoms. The molecule has 0 bridgehead atoms. The summed E-state index contributed by atoms with van der Waals surface area (Å²) in [5.74, 6) is 6.44. The third kappa shape index (κ3) is 1.85. The van der Waals surface area contributed by atoms with Crippen LogP contribution in [0.5, 0.6) is 0 Å². The molecule has 0 aromatic carbocycles. The summed E-state index contributed by atoms with van der Waals surface area (Å²) in [4.78, 5) is 10.1. The highest BCUT2D eigenvalue weighted by atomic mass is 15.3. The summed E-state index contributed by atoms with van der Waals surface area (Å²) >= 11 is 0. The maximum absolute atomic E-state index is 5.84. The molecule has 78 valence electrons. The topological polar surface area (TPSA) is 93.1 Å². The van der Waals surface area contributed by atoms with Gasteiger partial charge in [-0.25, -0.2) is 15.8 Å². The largest absolute Gasteiger partial charge is 0.393 e. The highest BCUT2D eigenvalue weighted by molar-refractivity contribution is 5.74. The third-order valence-corrected chi connectivity index (χ3v) is 2.06. The molecule has 0 radical (unpaired) electrons. The Kier molecular flexibility index (Phi) is 3.47. The van der Waals surface area contributed by atoms with Gasteiger partial charge in [0.05, 0.1) is 0 Å². The van der Waals surface area contributed by atoms with Crippen molar-refractivity contribution < 1.29 is 0 Å². The summed E-state index contributed by atoms with van der Waals surface area (Å²) in [6.45, 7) is 5.78. The Balaban J connectivity index is 3.07. The fourth-order valence-electron chi connectivity index (χ4n) is 1.28. The van der Waals surface area contributed by atoms with Crippen LogP contribution < -0.4 is 21.9 Å². The highest BCUT2D eigenvalue weighted by Crippen LogP contribution is 2.24. The molecule has 0 atom stereocenters. The van der Waals surface area contributed by atoms with E-state index >= 15 is 0 Å². The summed E-state index contributed by atoms with van der Waals surface area (Å²) in [6, 6.07) is 0. The van der Waals surface area contributed by atoms with E-state index in [-0.39, 0.29) is 0 Å². The minimum atomic E-state index is 0.460. The van der Waals surface area contributed by atoms with Crippen LogP contribution in [0.2, 0.25) is 0 Å². The van der Waals surface area contributed by atoms with Crippen LogP contribution in [0.25, 0.3) is 0 Å². The van der Waals surface area contributed by atoms with Crippen molar-refractivity contribution in [3.8, 4) is 0 Å². The average molecular weight is 196 g/mol. The molecule has 6 nitrogen and oxygen atoms in total. The van der Waals surface area contributed by atoms with Crippen LogP contribution in [0.4, 0.5) is 17.3 Å². The SMILES string of the molecule is CCN(CC)c1ncnc(NN)c1N. The molecule has 0 aliphatic rings. The van der Waals surface area contributed by atoms with Crippen molar-refractivity contribution >= 4 is 17.3 Å². The first-order valence-electron chi connectivity index (χ1n) is 4.56. The number of nitrogens with zero attached hydrogens (tertiary/aromatic N) is 3. The zero-order valence-corrected chi connectivity index (χ0v) is 8.49. The number of hydrogen-bond donors (Lipinski definition) is 3. The van der Waals surface area contributed by atoms with Gasteiger partial charge in [0.15, 0.2) is 11.6 Å². The monoisotopic (exact) mass is 196 g/mol. The lowest BCUT2D eigenvalue weighted by atomic mass is 10.4. The highest BCUT2D eigenvalue weighted by Gasteiger charge is 2.11. The molecular formula is C8H16N6. The molecule has 0 fully saturated rings. The zero-order valence-electron chi connectivity index (χ0n) is 8.49. The Hall–Kier alpha value is -1.56. The first kappa shape index (κ1) is 10.5. The second kappa shape index (κ2) is 4.61. The van der Waals surface area contributed by atoms with Crippen LogP contribution >= 0.6 is 0 Å². The van der Waals surface area contributed by atoms with Crippen molar-refractivity contribution in [2.45, 2.75) is 13.8 Å². The lowest BCUT2D eigenvalue weighted by Gasteiger charge is -2.21. The molecule has 1 aromatic rings. The van der Waals surface area contributed by atoms with Gasteiger partial charge in [-0.3, -0.25) is 0 Å². The Labute approximate surface area is 83.3 Å². The molecule has 0 unspecified atom stereocenters. The average Bonchev–Trinajstić information content (AvgIpc) is 2.22. The van der Waals surface area contributed by atoms with Gasteiger partial charge < -0.3 is 16.1 Å². The van der Waals surface area contributed by atoms with Crippen LogP contribution in [-0.2, 0) is 0 Å². The summed E-state index contributed by atoms with van der Waals surface area (Å²) in [7, 11) is 0. The molecule has 1 heterocycles. The number of nitrogen functional groups attached to an aromatic ring is 2. The van der Waals surface area contributed by atoms with E-state index in [2.05, 4.69) is 15.4 Å². The molecule has 0 aliphatic heterocycles. The van der Waals surface area contributed by atoms with Gasteiger partial charge >= 0.3 is 0 Å². The maximum atomic E-state index is 5.84. The predicted molar refractivity (Wildman–Crippen MR) is 57.8 cm³/mol. The van der Waals surface area contributed by atoms with E-state index in [0.717, 1.165) is 18.9 Å². The lowest BCUT2D eigenvalue weighted by molar-refractivity contribution is 0.844. The van der Waals surface area contributed by atoms with Gasteiger partial charge in [-0.05, 0) is 13.8 Å². The Bertz CT molecular complexity index is 296. The Morgan fingerprint density at radius 2 is 2.00 bits per heavy atom. The summed E-state index contributed by atoms with van der Waals surface area (Å²) in [5, 5.41) is 0. The molecule has 0 aliphatic carbocycles. The number of nitrogens with one attached hydrogen (secondary N) is 1. The van der Waals surface area contributed by atoms with E-state index in [1.807, 2.05) is 18.7 Å². The van der Waals surface area contributed by atoms with Gasteiger partial charge in [-0.1, -0.05) is 0 Å².